The van der Waals surface area contributed by atoms with Crippen molar-refractivity contribution in [2.24, 2.45) is 11.3 Å². The first kappa shape index (κ1) is 13.0. The van der Waals surface area contributed by atoms with Crippen LogP contribution < -0.4 is 0 Å². The standard InChI is InChI=1S/C12H26O/c1-6-11(10(3)13)8-9-12(4,5)7-2/h10-11,13H,6-9H2,1-5H3. The number of hydrogen-bond donors (Lipinski definition) is 1. The molecule has 0 fully saturated rings. The van der Waals surface area contributed by atoms with Crippen molar-refractivity contribution in [1.82, 2.24) is 0 Å². The highest BCUT2D eigenvalue weighted by Gasteiger charge is 2.19. The Morgan fingerprint density at radius 2 is 1.77 bits per heavy atom. The smallest absolute Gasteiger partial charge is 0.0540 e. The van der Waals surface area contributed by atoms with Crippen LogP contribution >= 0.6 is 0 Å². The van der Waals surface area contributed by atoms with E-state index in [0.29, 0.717) is 11.3 Å². The van der Waals surface area contributed by atoms with Crippen LogP contribution in [-0.4, -0.2) is 11.2 Å². The summed E-state index contributed by atoms with van der Waals surface area (Å²) in [5, 5.41) is 9.48. The fourth-order valence-corrected chi connectivity index (χ4v) is 1.54. The molecule has 80 valence electrons. The van der Waals surface area contributed by atoms with Gasteiger partial charge in [-0.3, -0.25) is 0 Å². The molecule has 0 saturated heterocycles. The van der Waals surface area contributed by atoms with Crippen molar-refractivity contribution >= 4 is 0 Å². The van der Waals surface area contributed by atoms with Crippen molar-refractivity contribution in [2.75, 3.05) is 0 Å². The summed E-state index contributed by atoms with van der Waals surface area (Å²) < 4.78 is 0. The molecular weight excluding hydrogens is 160 g/mol. The molecular formula is C12H26O. The van der Waals surface area contributed by atoms with Gasteiger partial charge in [0, 0.05) is 0 Å². The predicted octanol–water partition coefficient (Wildman–Crippen LogP) is 3.61. The number of rotatable bonds is 6. The van der Waals surface area contributed by atoms with E-state index in [-0.39, 0.29) is 6.10 Å². The third-order valence-corrected chi connectivity index (χ3v) is 3.36. The van der Waals surface area contributed by atoms with Crippen LogP contribution in [0.4, 0.5) is 0 Å². The van der Waals surface area contributed by atoms with E-state index >= 15 is 0 Å². The minimum atomic E-state index is -0.141. The Hall–Kier alpha value is -0.0400. The van der Waals surface area contributed by atoms with Gasteiger partial charge in [-0.05, 0) is 31.1 Å². The lowest BCUT2D eigenvalue weighted by molar-refractivity contribution is 0.107. The van der Waals surface area contributed by atoms with Gasteiger partial charge in [0.15, 0.2) is 0 Å². The summed E-state index contributed by atoms with van der Waals surface area (Å²) in [6.07, 6.45) is 4.57. The lowest BCUT2D eigenvalue weighted by Gasteiger charge is -2.26. The number of hydrogen-bond acceptors (Lipinski definition) is 1. The van der Waals surface area contributed by atoms with Crippen molar-refractivity contribution < 1.29 is 5.11 Å². The van der Waals surface area contributed by atoms with E-state index in [4.69, 9.17) is 0 Å². The highest BCUT2D eigenvalue weighted by Crippen LogP contribution is 2.29. The quantitative estimate of drug-likeness (QED) is 0.672. The molecule has 0 aromatic heterocycles. The molecule has 2 unspecified atom stereocenters. The van der Waals surface area contributed by atoms with Crippen molar-refractivity contribution in [3.63, 3.8) is 0 Å². The molecule has 0 aliphatic carbocycles. The zero-order valence-corrected chi connectivity index (χ0v) is 9.93. The lowest BCUT2D eigenvalue weighted by Crippen LogP contribution is -2.19. The van der Waals surface area contributed by atoms with E-state index in [1.807, 2.05) is 6.92 Å². The highest BCUT2D eigenvalue weighted by atomic mass is 16.3. The van der Waals surface area contributed by atoms with Gasteiger partial charge < -0.3 is 5.11 Å². The molecule has 0 aliphatic heterocycles. The van der Waals surface area contributed by atoms with E-state index in [1.54, 1.807) is 0 Å². The van der Waals surface area contributed by atoms with Gasteiger partial charge in [-0.15, -0.1) is 0 Å². The molecule has 0 heterocycles. The minimum Gasteiger partial charge on any atom is -0.393 e. The minimum absolute atomic E-state index is 0.141. The van der Waals surface area contributed by atoms with Crippen molar-refractivity contribution in [2.45, 2.75) is 66.4 Å². The molecule has 0 aliphatic rings. The van der Waals surface area contributed by atoms with Crippen LogP contribution in [0.15, 0.2) is 0 Å². The molecule has 0 aromatic carbocycles. The first-order chi connectivity index (χ1) is 5.93. The summed E-state index contributed by atoms with van der Waals surface area (Å²) in [5.41, 5.74) is 0.447. The molecule has 1 heteroatoms. The van der Waals surface area contributed by atoms with Crippen molar-refractivity contribution in [1.29, 1.82) is 0 Å². The first-order valence-electron chi connectivity index (χ1n) is 5.61. The molecule has 0 spiro atoms. The molecule has 0 bridgehead atoms. The zero-order valence-electron chi connectivity index (χ0n) is 9.93. The van der Waals surface area contributed by atoms with Gasteiger partial charge in [0.2, 0.25) is 0 Å². The highest BCUT2D eigenvalue weighted by molar-refractivity contribution is 4.71. The Bertz CT molecular complexity index is 127. The summed E-state index contributed by atoms with van der Waals surface area (Å²) in [7, 11) is 0. The average molecular weight is 186 g/mol. The third-order valence-electron chi connectivity index (χ3n) is 3.36. The normalized spacial score (nSPS) is 17.1. The van der Waals surface area contributed by atoms with Gasteiger partial charge in [-0.25, -0.2) is 0 Å². The molecule has 13 heavy (non-hydrogen) atoms. The van der Waals surface area contributed by atoms with Gasteiger partial charge in [0.25, 0.3) is 0 Å². The maximum Gasteiger partial charge on any atom is 0.0540 e. The van der Waals surface area contributed by atoms with Crippen LogP contribution in [0.5, 0.6) is 0 Å². The Balaban J connectivity index is 3.85. The summed E-state index contributed by atoms with van der Waals surface area (Å²) >= 11 is 0. The maximum absolute atomic E-state index is 9.48. The second-order valence-corrected chi connectivity index (χ2v) is 4.97. The molecule has 0 amide bonds. The zero-order chi connectivity index (χ0) is 10.5. The summed E-state index contributed by atoms with van der Waals surface area (Å²) in [5.74, 6) is 0.492. The van der Waals surface area contributed by atoms with E-state index in [2.05, 4.69) is 27.7 Å². The molecule has 0 aromatic rings. The summed E-state index contributed by atoms with van der Waals surface area (Å²) in [6.45, 7) is 10.9. The molecule has 2 atom stereocenters. The largest absolute Gasteiger partial charge is 0.393 e. The number of aliphatic hydroxyl groups excluding tert-OH is 1. The Kier molecular flexibility index (Phi) is 5.62. The topological polar surface area (TPSA) is 20.2 Å². The van der Waals surface area contributed by atoms with Crippen molar-refractivity contribution in [3.8, 4) is 0 Å². The second-order valence-electron chi connectivity index (χ2n) is 4.97. The third kappa shape index (κ3) is 5.30. The van der Waals surface area contributed by atoms with Gasteiger partial charge in [0.1, 0.15) is 0 Å². The monoisotopic (exact) mass is 186 g/mol. The molecule has 0 rings (SSSR count). The number of aliphatic hydroxyl groups is 1. The Morgan fingerprint density at radius 3 is 2.08 bits per heavy atom. The van der Waals surface area contributed by atoms with Crippen LogP contribution in [0.1, 0.15) is 60.3 Å². The van der Waals surface area contributed by atoms with Crippen LogP contribution in [0, 0.1) is 11.3 Å². The summed E-state index contributed by atoms with van der Waals surface area (Å²) in [6, 6.07) is 0. The average Bonchev–Trinajstić information content (AvgIpc) is 2.05. The van der Waals surface area contributed by atoms with Crippen LogP contribution in [-0.2, 0) is 0 Å². The van der Waals surface area contributed by atoms with Crippen LogP contribution in [0.25, 0.3) is 0 Å². The fourth-order valence-electron chi connectivity index (χ4n) is 1.54. The Labute approximate surface area is 83.5 Å². The Morgan fingerprint density at radius 1 is 1.23 bits per heavy atom. The predicted molar refractivity (Wildman–Crippen MR) is 58.8 cm³/mol. The molecule has 0 saturated carbocycles. The van der Waals surface area contributed by atoms with Gasteiger partial charge in [-0.2, -0.15) is 0 Å². The molecule has 1 N–H and O–H groups in total. The van der Waals surface area contributed by atoms with E-state index in [9.17, 15) is 5.11 Å². The van der Waals surface area contributed by atoms with Crippen LogP contribution in [0.3, 0.4) is 0 Å². The van der Waals surface area contributed by atoms with Crippen LogP contribution in [0.2, 0.25) is 0 Å². The molecule has 1 nitrogen and oxygen atoms in total. The fraction of sp³-hybridized carbons (Fsp3) is 1.00. The SMILES string of the molecule is CCC(CCC(C)(C)CC)C(C)O. The summed E-state index contributed by atoms with van der Waals surface area (Å²) in [4.78, 5) is 0. The van der Waals surface area contributed by atoms with E-state index < -0.39 is 0 Å². The maximum atomic E-state index is 9.48. The lowest BCUT2D eigenvalue weighted by atomic mass is 9.81. The van der Waals surface area contributed by atoms with E-state index in [0.717, 1.165) is 12.8 Å². The second kappa shape index (κ2) is 5.64. The van der Waals surface area contributed by atoms with E-state index in [1.165, 1.54) is 12.8 Å². The van der Waals surface area contributed by atoms with Gasteiger partial charge in [0.05, 0.1) is 6.10 Å². The van der Waals surface area contributed by atoms with Crippen molar-refractivity contribution in [3.05, 3.63) is 0 Å². The molecule has 0 radical (unpaired) electrons. The van der Waals surface area contributed by atoms with Gasteiger partial charge in [-0.1, -0.05) is 40.5 Å². The van der Waals surface area contributed by atoms with Gasteiger partial charge >= 0.3 is 0 Å². The first-order valence-corrected chi connectivity index (χ1v) is 5.61.